The molecule has 1 aliphatic heterocycles. The van der Waals surface area contributed by atoms with Gasteiger partial charge in [0.25, 0.3) is 0 Å². The van der Waals surface area contributed by atoms with Crippen LogP contribution in [0.5, 0.6) is 0 Å². The van der Waals surface area contributed by atoms with Gasteiger partial charge in [0, 0.05) is 43.9 Å². The Morgan fingerprint density at radius 1 is 1.32 bits per heavy atom. The van der Waals surface area contributed by atoms with E-state index in [-0.39, 0.29) is 17.8 Å². The summed E-state index contributed by atoms with van der Waals surface area (Å²) in [6, 6.07) is 1.85. The second-order valence-electron chi connectivity index (χ2n) is 6.24. The Balaban J connectivity index is 1.72. The molecule has 1 aromatic heterocycles. The van der Waals surface area contributed by atoms with Crippen LogP contribution in [0.15, 0.2) is 6.07 Å². The summed E-state index contributed by atoms with van der Waals surface area (Å²) < 4.78 is 0. The van der Waals surface area contributed by atoms with Crippen LogP contribution in [0.1, 0.15) is 25.0 Å². The highest BCUT2D eigenvalue weighted by atomic mass is 16.3. The Morgan fingerprint density at radius 2 is 2.09 bits per heavy atom. The number of nitrogens with zero attached hydrogens (tertiary/aromatic N) is 4. The molecule has 7 nitrogen and oxygen atoms in total. The van der Waals surface area contributed by atoms with Crippen LogP contribution in [0.4, 0.5) is 11.8 Å². The summed E-state index contributed by atoms with van der Waals surface area (Å²) in [7, 11) is 0. The first-order valence-corrected chi connectivity index (χ1v) is 7.86. The minimum absolute atomic E-state index is 0.163. The molecule has 0 spiro atoms. The average molecular weight is 305 g/mol. The van der Waals surface area contributed by atoms with Gasteiger partial charge in [-0.15, -0.1) is 0 Å². The van der Waals surface area contributed by atoms with Crippen LogP contribution in [0.25, 0.3) is 0 Å². The number of aliphatic hydroxyl groups is 1. The lowest BCUT2D eigenvalue weighted by molar-refractivity contribution is -0.139. The van der Waals surface area contributed by atoms with E-state index in [2.05, 4.69) is 9.97 Å². The van der Waals surface area contributed by atoms with Gasteiger partial charge in [-0.05, 0) is 19.8 Å². The third-order valence-electron chi connectivity index (χ3n) is 4.45. The Kier molecular flexibility index (Phi) is 4.15. The van der Waals surface area contributed by atoms with E-state index in [9.17, 15) is 9.90 Å². The molecule has 1 saturated heterocycles. The summed E-state index contributed by atoms with van der Waals surface area (Å²) in [5.74, 6) is 1.29. The number of anilines is 2. The van der Waals surface area contributed by atoms with E-state index in [1.54, 1.807) is 4.90 Å². The first kappa shape index (κ1) is 15.0. The van der Waals surface area contributed by atoms with Crippen molar-refractivity contribution in [2.24, 2.45) is 5.92 Å². The maximum absolute atomic E-state index is 12.4. The number of amides is 1. The fourth-order valence-electron chi connectivity index (χ4n) is 3.05. The highest BCUT2D eigenvalue weighted by molar-refractivity contribution is 5.79. The van der Waals surface area contributed by atoms with Gasteiger partial charge in [-0.1, -0.05) is 6.42 Å². The highest BCUT2D eigenvalue weighted by Gasteiger charge is 2.32. The van der Waals surface area contributed by atoms with Crippen molar-refractivity contribution in [3.63, 3.8) is 0 Å². The van der Waals surface area contributed by atoms with Crippen molar-refractivity contribution in [1.82, 2.24) is 14.9 Å². The van der Waals surface area contributed by atoms with Crippen LogP contribution in [0.2, 0.25) is 0 Å². The molecule has 0 unspecified atom stereocenters. The number of carbonyl (C=O) groups excluding carboxylic acids is 1. The molecule has 22 heavy (non-hydrogen) atoms. The lowest BCUT2D eigenvalue weighted by Gasteiger charge is -2.31. The third-order valence-corrected chi connectivity index (χ3v) is 4.45. The summed E-state index contributed by atoms with van der Waals surface area (Å²) >= 11 is 0. The zero-order chi connectivity index (χ0) is 15.7. The van der Waals surface area contributed by atoms with Crippen molar-refractivity contribution in [2.75, 3.05) is 36.8 Å². The number of aromatic nitrogens is 2. The maximum Gasteiger partial charge on any atom is 0.225 e. The normalized spacial score (nSPS) is 23.1. The molecule has 0 radical (unpaired) electrons. The van der Waals surface area contributed by atoms with Crippen LogP contribution in [0, 0.1) is 12.8 Å². The molecule has 1 amide bonds. The molecule has 2 heterocycles. The van der Waals surface area contributed by atoms with Crippen molar-refractivity contribution < 1.29 is 9.90 Å². The molecule has 1 saturated carbocycles. The number of aryl methyl sites for hydroxylation is 1. The third kappa shape index (κ3) is 3.14. The van der Waals surface area contributed by atoms with Gasteiger partial charge >= 0.3 is 0 Å². The molecular formula is C15H23N5O2. The van der Waals surface area contributed by atoms with Gasteiger partial charge in [0.15, 0.2) is 0 Å². The molecule has 0 bridgehead atoms. The van der Waals surface area contributed by atoms with Crippen molar-refractivity contribution >= 4 is 17.7 Å². The second-order valence-corrected chi connectivity index (χ2v) is 6.24. The van der Waals surface area contributed by atoms with Crippen LogP contribution in [-0.2, 0) is 4.79 Å². The van der Waals surface area contributed by atoms with Gasteiger partial charge < -0.3 is 20.6 Å². The molecular weight excluding hydrogens is 282 g/mol. The lowest BCUT2D eigenvalue weighted by atomic mass is 9.84. The van der Waals surface area contributed by atoms with Gasteiger partial charge in [0.05, 0.1) is 6.10 Å². The predicted octanol–water partition coefficient (Wildman–Crippen LogP) is 0.177. The zero-order valence-electron chi connectivity index (χ0n) is 12.9. The van der Waals surface area contributed by atoms with E-state index in [0.717, 1.165) is 25.0 Å². The number of nitrogens with two attached hydrogens (primary N) is 1. The number of carbonyl (C=O) groups is 1. The number of hydrogen-bond donors (Lipinski definition) is 2. The lowest BCUT2D eigenvalue weighted by Crippen LogP contribution is -2.43. The van der Waals surface area contributed by atoms with Gasteiger partial charge in [-0.25, -0.2) is 4.98 Å². The topological polar surface area (TPSA) is 95.6 Å². The Morgan fingerprint density at radius 3 is 2.73 bits per heavy atom. The molecule has 0 aromatic carbocycles. The summed E-state index contributed by atoms with van der Waals surface area (Å²) in [6.07, 6.45) is 2.52. The van der Waals surface area contributed by atoms with E-state index in [0.29, 0.717) is 32.0 Å². The molecule has 120 valence electrons. The number of rotatable bonds is 2. The van der Waals surface area contributed by atoms with E-state index in [4.69, 9.17) is 5.73 Å². The van der Waals surface area contributed by atoms with E-state index in [1.807, 2.05) is 17.9 Å². The average Bonchev–Trinajstić information content (AvgIpc) is 2.57. The SMILES string of the molecule is Cc1cc(N2CCN(C(=O)C3CCC3)C[C@H](O)C2)nc(N)n1. The fraction of sp³-hybridized carbons (Fsp3) is 0.667. The van der Waals surface area contributed by atoms with Gasteiger partial charge in [-0.2, -0.15) is 4.98 Å². The molecule has 2 aliphatic rings. The van der Waals surface area contributed by atoms with Crippen LogP contribution >= 0.6 is 0 Å². The van der Waals surface area contributed by atoms with Crippen LogP contribution in [0.3, 0.4) is 0 Å². The predicted molar refractivity (Wildman–Crippen MR) is 83.3 cm³/mol. The molecule has 2 fully saturated rings. The number of β-amino-alcohol motifs (C(OH)–C–C–N with tert-alkyl or cyclic N) is 1. The maximum atomic E-state index is 12.4. The minimum Gasteiger partial charge on any atom is -0.389 e. The second kappa shape index (κ2) is 6.08. The standard InChI is InChI=1S/C15H23N5O2/c1-10-7-13(18-15(16)17-10)19-5-6-20(9-12(21)8-19)14(22)11-3-2-4-11/h7,11-12,21H,2-6,8-9H2,1H3,(H2,16,17,18)/t12-/m1/s1. The van der Waals surface area contributed by atoms with E-state index >= 15 is 0 Å². The van der Waals surface area contributed by atoms with Gasteiger partial charge in [-0.3, -0.25) is 4.79 Å². The number of aliphatic hydroxyl groups excluding tert-OH is 1. The highest BCUT2D eigenvalue weighted by Crippen LogP contribution is 2.28. The van der Waals surface area contributed by atoms with Crippen molar-refractivity contribution in [2.45, 2.75) is 32.3 Å². The summed E-state index contributed by atoms with van der Waals surface area (Å²) in [6.45, 7) is 3.96. The first-order valence-electron chi connectivity index (χ1n) is 7.86. The monoisotopic (exact) mass is 305 g/mol. The van der Waals surface area contributed by atoms with Crippen molar-refractivity contribution in [3.05, 3.63) is 11.8 Å². The number of hydrogen-bond acceptors (Lipinski definition) is 6. The Hall–Kier alpha value is -1.89. The minimum atomic E-state index is -0.581. The summed E-state index contributed by atoms with van der Waals surface area (Å²) in [4.78, 5) is 24.5. The van der Waals surface area contributed by atoms with Gasteiger partial charge in [0.2, 0.25) is 11.9 Å². The molecule has 7 heteroatoms. The Bertz CT molecular complexity index is 541. The molecule has 3 N–H and O–H groups in total. The molecule has 1 aromatic rings. The van der Waals surface area contributed by atoms with Crippen molar-refractivity contribution in [1.29, 1.82) is 0 Å². The van der Waals surface area contributed by atoms with E-state index in [1.165, 1.54) is 0 Å². The van der Waals surface area contributed by atoms with Crippen LogP contribution in [-0.4, -0.2) is 58.2 Å². The van der Waals surface area contributed by atoms with Crippen LogP contribution < -0.4 is 10.6 Å². The quantitative estimate of drug-likeness (QED) is 0.809. The fourth-order valence-corrected chi connectivity index (χ4v) is 3.05. The molecule has 1 aliphatic carbocycles. The molecule has 3 rings (SSSR count). The first-order chi connectivity index (χ1) is 10.5. The summed E-state index contributed by atoms with van der Waals surface area (Å²) in [5.41, 5.74) is 6.50. The van der Waals surface area contributed by atoms with Gasteiger partial charge in [0.1, 0.15) is 5.82 Å². The molecule has 1 atom stereocenters. The Labute approximate surface area is 130 Å². The van der Waals surface area contributed by atoms with Crippen molar-refractivity contribution in [3.8, 4) is 0 Å². The number of nitrogen functional groups attached to an aromatic ring is 1. The largest absolute Gasteiger partial charge is 0.389 e. The summed E-state index contributed by atoms with van der Waals surface area (Å²) in [5, 5.41) is 10.2. The van der Waals surface area contributed by atoms with E-state index < -0.39 is 6.10 Å². The zero-order valence-corrected chi connectivity index (χ0v) is 12.9. The smallest absolute Gasteiger partial charge is 0.225 e.